The molecule has 0 aromatic rings. The molecule has 4 nitrogen and oxygen atoms in total. The molecule has 1 aliphatic carbocycles. The summed E-state index contributed by atoms with van der Waals surface area (Å²) in [7, 11) is 1.72. The fraction of sp³-hybridized carbons (Fsp3) is 0.750. The average molecular weight is 279 g/mol. The summed E-state index contributed by atoms with van der Waals surface area (Å²) in [5.74, 6) is 0.0526. The van der Waals surface area contributed by atoms with Crippen LogP contribution >= 0.6 is 0 Å². The molecule has 0 aromatic carbocycles. The van der Waals surface area contributed by atoms with Crippen LogP contribution in [-0.2, 0) is 14.2 Å². The van der Waals surface area contributed by atoms with Crippen LogP contribution in [0.15, 0.2) is 23.8 Å². The summed E-state index contributed by atoms with van der Waals surface area (Å²) in [5.41, 5.74) is 8.17. The molecule has 0 bridgehead atoms. The van der Waals surface area contributed by atoms with Gasteiger partial charge in [0, 0.05) is 7.11 Å². The Hall–Kier alpha value is -0.680. The minimum absolute atomic E-state index is 0.0526. The Morgan fingerprint density at radius 1 is 1.55 bits per heavy atom. The van der Waals surface area contributed by atoms with Gasteiger partial charge >= 0.3 is 0 Å². The highest BCUT2D eigenvalue weighted by Crippen LogP contribution is 2.57. The van der Waals surface area contributed by atoms with Crippen LogP contribution < -0.4 is 5.73 Å². The number of allylic oxidation sites excluding steroid dienone is 1. The van der Waals surface area contributed by atoms with Gasteiger partial charge in [0.1, 0.15) is 11.7 Å². The first-order valence-corrected chi connectivity index (χ1v) is 7.37. The van der Waals surface area contributed by atoms with Gasteiger partial charge in [0.2, 0.25) is 0 Å². The summed E-state index contributed by atoms with van der Waals surface area (Å²) in [6.07, 6.45) is 4.96. The van der Waals surface area contributed by atoms with E-state index in [2.05, 4.69) is 26.5 Å². The van der Waals surface area contributed by atoms with Gasteiger partial charge in [-0.3, -0.25) is 0 Å². The van der Waals surface area contributed by atoms with Crippen LogP contribution in [0.1, 0.15) is 33.1 Å². The molecule has 3 aliphatic rings. The highest BCUT2D eigenvalue weighted by molar-refractivity contribution is 5.26. The van der Waals surface area contributed by atoms with Crippen molar-refractivity contribution in [3.05, 3.63) is 23.8 Å². The lowest BCUT2D eigenvalue weighted by Gasteiger charge is -2.39. The zero-order valence-corrected chi connectivity index (χ0v) is 12.6. The zero-order chi connectivity index (χ0) is 14.5. The van der Waals surface area contributed by atoms with E-state index in [1.165, 1.54) is 5.57 Å². The summed E-state index contributed by atoms with van der Waals surface area (Å²) in [6.45, 7) is 9.09. The normalized spacial score (nSPS) is 46.4. The first-order chi connectivity index (χ1) is 9.43. The molecule has 4 heteroatoms. The number of hydrogen-bond donors (Lipinski definition) is 1. The Kier molecular flexibility index (Phi) is 3.33. The van der Waals surface area contributed by atoms with E-state index in [-0.39, 0.29) is 23.7 Å². The molecule has 1 saturated carbocycles. The molecule has 20 heavy (non-hydrogen) atoms. The van der Waals surface area contributed by atoms with Gasteiger partial charge in [-0.05, 0) is 38.7 Å². The van der Waals surface area contributed by atoms with Gasteiger partial charge in [-0.1, -0.05) is 18.2 Å². The molecule has 0 aromatic heterocycles. The smallest absolute Gasteiger partial charge is 0.152 e. The molecule has 0 amide bonds. The Labute approximate surface area is 120 Å². The molecule has 3 fully saturated rings. The average Bonchev–Trinajstić information content (AvgIpc) is 3.29. The van der Waals surface area contributed by atoms with Gasteiger partial charge in [-0.2, -0.15) is 0 Å². The van der Waals surface area contributed by atoms with Crippen molar-refractivity contribution < 1.29 is 14.2 Å². The molecular weight excluding hydrogens is 254 g/mol. The summed E-state index contributed by atoms with van der Waals surface area (Å²) in [6, 6.07) is 0. The summed E-state index contributed by atoms with van der Waals surface area (Å²) in [5, 5.41) is 0. The molecular formula is C16H25NO3. The van der Waals surface area contributed by atoms with Crippen LogP contribution in [0, 0.1) is 5.92 Å². The van der Waals surface area contributed by atoms with Gasteiger partial charge in [-0.15, -0.1) is 0 Å². The van der Waals surface area contributed by atoms with Gasteiger partial charge < -0.3 is 19.9 Å². The number of rotatable bonds is 4. The van der Waals surface area contributed by atoms with Gasteiger partial charge in [-0.25, -0.2) is 0 Å². The number of nitrogens with two attached hydrogens (primary N) is 1. The van der Waals surface area contributed by atoms with Crippen molar-refractivity contribution in [2.24, 2.45) is 11.7 Å². The van der Waals surface area contributed by atoms with Crippen LogP contribution in [0.4, 0.5) is 0 Å². The minimum Gasteiger partial charge on any atom is -0.377 e. The summed E-state index contributed by atoms with van der Waals surface area (Å²) >= 11 is 0. The molecule has 2 N–H and O–H groups in total. The van der Waals surface area contributed by atoms with Crippen LogP contribution in [0.25, 0.3) is 0 Å². The van der Waals surface area contributed by atoms with E-state index in [0.717, 1.165) is 31.4 Å². The van der Waals surface area contributed by atoms with Crippen LogP contribution in [0.2, 0.25) is 0 Å². The van der Waals surface area contributed by atoms with E-state index in [9.17, 15) is 0 Å². The predicted molar refractivity (Wildman–Crippen MR) is 77.2 cm³/mol. The summed E-state index contributed by atoms with van der Waals surface area (Å²) in [4.78, 5) is 0. The molecule has 1 spiro atoms. The van der Waals surface area contributed by atoms with Crippen molar-refractivity contribution in [1.82, 2.24) is 0 Å². The molecule has 2 aliphatic heterocycles. The highest BCUT2D eigenvalue weighted by Gasteiger charge is 2.71. The Morgan fingerprint density at radius 2 is 2.25 bits per heavy atom. The summed E-state index contributed by atoms with van der Waals surface area (Å²) < 4.78 is 17.3. The zero-order valence-electron chi connectivity index (χ0n) is 12.6. The molecule has 2 heterocycles. The second kappa shape index (κ2) is 4.67. The lowest BCUT2D eigenvalue weighted by Crippen LogP contribution is -2.54. The second-order valence-electron chi connectivity index (χ2n) is 6.62. The number of ether oxygens (including phenoxy) is 3. The van der Waals surface area contributed by atoms with Crippen molar-refractivity contribution in [3.63, 3.8) is 0 Å². The standard InChI is InChI=1S/C16H25NO3/c1-10(2)5-6-12-16(17,20-12)14-13(18-4)11(3)7-8-15(14)9-19-15/h5,12-14H,3,6-9,17H2,1-2,4H3/t12-,13-,14+,15+,16+/m1/s1. The first-order valence-electron chi connectivity index (χ1n) is 7.37. The molecule has 112 valence electrons. The maximum Gasteiger partial charge on any atom is 0.152 e. The molecule has 5 atom stereocenters. The van der Waals surface area contributed by atoms with E-state index in [1.54, 1.807) is 7.11 Å². The Morgan fingerprint density at radius 3 is 2.80 bits per heavy atom. The third-order valence-corrected chi connectivity index (χ3v) is 4.93. The van der Waals surface area contributed by atoms with Crippen LogP contribution in [-0.4, -0.2) is 37.3 Å². The third-order valence-electron chi connectivity index (χ3n) is 4.93. The quantitative estimate of drug-likeness (QED) is 0.633. The lowest BCUT2D eigenvalue weighted by atomic mass is 9.70. The van der Waals surface area contributed by atoms with Crippen LogP contribution in [0.5, 0.6) is 0 Å². The third kappa shape index (κ3) is 2.15. The highest BCUT2D eigenvalue weighted by atomic mass is 16.6. The minimum atomic E-state index is -0.632. The van der Waals surface area contributed by atoms with E-state index in [4.69, 9.17) is 19.9 Å². The lowest BCUT2D eigenvalue weighted by molar-refractivity contribution is -0.0230. The number of methoxy groups -OCH3 is 1. The maximum atomic E-state index is 6.54. The van der Waals surface area contributed by atoms with Gasteiger partial charge in [0.05, 0.1) is 18.6 Å². The SMILES string of the molecule is C=C1CC[C@]2(CO2)[C@@H]([C@@]2(N)O[C@@H]2CC=C(C)C)[C@@H]1OC. The molecule has 0 unspecified atom stereocenters. The van der Waals surface area contributed by atoms with E-state index in [0.29, 0.717) is 0 Å². The Balaban J connectivity index is 1.80. The molecule has 2 saturated heterocycles. The van der Waals surface area contributed by atoms with Gasteiger partial charge in [0.25, 0.3) is 0 Å². The van der Waals surface area contributed by atoms with E-state index >= 15 is 0 Å². The fourth-order valence-corrected chi connectivity index (χ4v) is 3.61. The van der Waals surface area contributed by atoms with Gasteiger partial charge in [0.15, 0.2) is 5.72 Å². The topological polar surface area (TPSA) is 60.3 Å². The van der Waals surface area contributed by atoms with Crippen molar-refractivity contribution in [3.8, 4) is 0 Å². The van der Waals surface area contributed by atoms with Crippen LogP contribution in [0.3, 0.4) is 0 Å². The Bertz CT molecular complexity index is 451. The van der Waals surface area contributed by atoms with E-state index in [1.807, 2.05) is 0 Å². The molecule has 3 rings (SSSR count). The largest absolute Gasteiger partial charge is 0.377 e. The fourth-order valence-electron chi connectivity index (χ4n) is 3.61. The van der Waals surface area contributed by atoms with Crippen molar-refractivity contribution in [2.45, 2.75) is 56.6 Å². The molecule has 0 radical (unpaired) electrons. The maximum absolute atomic E-state index is 6.54. The van der Waals surface area contributed by atoms with Crippen molar-refractivity contribution in [1.29, 1.82) is 0 Å². The van der Waals surface area contributed by atoms with Crippen molar-refractivity contribution in [2.75, 3.05) is 13.7 Å². The van der Waals surface area contributed by atoms with E-state index < -0.39 is 5.72 Å². The monoisotopic (exact) mass is 279 g/mol. The van der Waals surface area contributed by atoms with Crippen molar-refractivity contribution >= 4 is 0 Å². The number of epoxide rings is 2. The second-order valence-corrected chi connectivity index (χ2v) is 6.62. The number of hydrogen-bond acceptors (Lipinski definition) is 4. The first kappa shape index (κ1) is 14.3. The predicted octanol–water partition coefficient (Wildman–Crippen LogP) is 2.15.